The fourth-order valence-corrected chi connectivity index (χ4v) is 6.50. The summed E-state index contributed by atoms with van der Waals surface area (Å²) < 4.78 is 10.6. The lowest BCUT2D eigenvalue weighted by molar-refractivity contribution is -0.147. The summed E-state index contributed by atoms with van der Waals surface area (Å²) in [6.07, 6.45) is 40.1. The van der Waals surface area contributed by atoms with E-state index in [2.05, 4.69) is 48.8 Å². The molecule has 56 heavy (non-hydrogen) atoms. The van der Waals surface area contributed by atoms with Crippen LogP contribution >= 0.6 is 0 Å². The van der Waals surface area contributed by atoms with Crippen molar-refractivity contribution in [3.05, 3.63) is 48.6 Å². The van der Waals surface area contributed by atoms with Crippen molar-refractivity contribution in [1.29, 1.82) is 0 Å². The number of hydrogen-bond donors (Lipinski definition) is 4. The molecule has 0 aromatic heterocycles. The smallest absolute Gasteiger partial charge is 0.305 e. The van der Waals surface area contributed by atoms with Gasteiger partial charge in [0.1, 0.15) is 25.4 Å². The Hall–Kier alpha value is -2.84. The van der Waals surface area contributed by atoms with Gasteiger partial charge in [0.2, 0.25) is 0 Å². The Morgan fingerprint density at radius 2 is 0.768 bits per heavy atom. The summed E-state index contributed by atoms with van der Waals surface area (Å²) in [7, 11) is 0. The first-order chi connectivity index (χ1) is 27.4. The molecule has 0 fully saturated rings. The van der Waals surface area contributed by atoms with E-state index < -0.39 is 12.2 Å². The molecule has 1 aromatic rings. The molecule has 322 valence electrons. The maximum atomic E-state index is 12.1. The van der Waals surface area contributed by atoms with Crippen LogP contribution in [0.25, 0.3) is 0 Å². The molecular weight excluding hydrogens is 701 g/mol. The second-order valence-electron chi connectivity index (χ2n) is 15.7. The zero-order valence-corrected chi connectivity index (χ0v) is 35.9. The Kier molecular flexibility index (Phi) is 35.6. The normalized spacial score (nSPS) is 12.6. The van der Waals surface area contributed by atoms with Gasteiger partial charge in [-0.05, 0) is 88.5 Å². The largest absolute Gasteiger partial charge is 0.463 e. The minimum Gasteiger partial charge on any atom is -0.463 e. The lowest BCUT2D eigenvalue weighted by atomic mass is 10.1. The number of esters is 2. The molecule has 0 heterocycles. The quantitative estimate of drug-likeness (QED) is 0.0295. The van der Waals surface area contributed by atoms with Crippen LogP contribution in [0.5, 0.6) is 0 Å². The van der Waals surface area contributed by atoms with E-state index in [4.69, 9.17) is 9.47 Å². The summed E-state index contributed by atoms with van der Waals surface area (Å²) in [6.45, 7) is 4.97. The second kappa shape index (κ2) is 39.0. The topological polar surface area (TPSA) is 117 Å². The van der Waals surface area contributed by atoms with Crippen LogP contribution in [0.15, 0.2) is 48.6 Å². The molecule has 0 saturated heterocycles. The maximum Gasteiger partial charge on any atom is 0.305 e. The maximum absolute atomic E-state index is 12.1. The second-order valence-corrected chi connectivity index (χ2v) is 15.7. The Morgan fingerprint density at radius 1 is 0.482 bits per heavy atom. The van der Waals surface area contributed by atoms with Gasteiger partial charge in [-0.3, -0.25) is 9.59 Å². The molecule has 0 aliphatic heterocycles. The van der Waals surface area contributed by atoms with E-state index in [1.165, 1.54) is 116 Å². The number of anilines is 2. The Morgan fingerprint density at radius 3 is 1.09 bits per heavy atom. The summed E-state index contributed by atoms with van der Waals surface area (Å²) in [5, 5.41) is 26.9. The highest BCUT2D eigenvalue weighted by Crippen LogP contribution is 2.15. The van der Waals surface area contributed by atoms with Crippen LogP contribution in [-0.4, -0.2) is 60.7 Å². The molecule has 8 nitrogen and oxygen atoms in total. The number of rotatable bonds is 40. The molecule has 1 rings (SSSR count). The van der Waals surface area contributed by atoms with Crippen molar-refractivity contribution in [2.24, 2.45) is 0 Å². The summed E-state index contributed by atoms with van der Waals surface area (Å²) in [4.78, 5) is 24.2. The number of aliphatic hydroxyl groups is 2. The molecule has 2 atom stereocenters. The average Bonchev–Trinajstić information content (AvgIpc) is 3.20. The van der Waals surface area contributed by atoms with E-state index in [0.717, 1.165) is 62.7 Å². The van der Waals surface area contributed by atoms with Gasteiger partial charge in [-0.2, -0.15) is 0 Å². The lowest BCUT2D eigenvalue weighted by Crippen LogP contribution is -2.26. The summed E-state index contributed by atoms with van der Waals surface area (Å²) in [5.41, 5.74) is 1.64. The lowest BCUT2D eigenvalue weighted by Gasteiger charge is -2.15. The van der Waals surface area contributed by atoms with Gasteiger partial charge < -0.3 is 30.3 Å². The predicted molar refractivity (Wildman–Crippen MR) is 236 cm³/mol. The van der Waals surface area contributed by atoms with E-state index in [-0.39, 0.29) is 38.2 Å². The van der Waals surface area contributed by atoms with Crippen molar-refractivity contribution in [2.45, 2.75) is 206 Å². The standard InChI is InChI=1S/C48H84N2O6/c1-3-5-7-9-11-13-15-17-19-21-23-25-27-29-31-33-47(53)55-41-45(51)39-49-43-35-37-44(38-36-43)50-40-46(52)42-56-48(54)34-32-30-28-26-24-22-20-18-16-14-12-10-8-6-4-2/h17-20,35-38,45-46,49-52H,3-16,21-34,39-42H2,1-2H3/b19-17-,20-18?. The molecule has 1 aromatic carbocycles. The van der Waals surface area contributed by atoms with Gasteiger partial charge >= 0.3 is 11.9 Å². The molecule has 0 spiro atoms. The zero-order chi connectivity index (χ0) is 40.6. The number of aliphatic hydroxyl groups excluding tert-OH is 2. The monoisotopic (exact) mass is 785 g/mol. The Bertz CT molecular complexity index is 1010. The number of nitrogens with one attached hydrogen (secondary N) is 2. The number of benzene rings is 1. The first-order valence-electron chi connectivity index (χ1n) is 23.0. The van der Waals surface area contributed by atoms with Crippen LogP contribution in [-0.2, 0) is 19.1 Å². The molecule has 2 unspecified atom stereocenters. The summed E-state index contributed by atoms with van der Waals surface area (Å²) in [5.74, 6) is -0.514. The molecule has 8 heteroatoms. The van der Waals surface area contributed by atoms with Gasteiger partial charge in [0.25, 0.3) is 0 Å². The van der Waals surface area contributed by atoms with E-state index in [1.54, 1.807) is 0 Å². The number of carbonyl (C=O) groups is 2. The number of ether oxygens (including phenoxy) is 2. The number of allylic oxidation sites excluding steroid dienone is 4. The van der Waals surface area contributed by atoms with Crippen molar-refractivity contribution in [3.8, 4) is 0 Å². The van der Waals surface area contributed by atoms with Crippen molar-refractivity contribution in [1.82, 2.24) is 0 Å². The average molecular weight is 785 g/mol. The molecule has 0 saturated carbocycles. The van der Waals surface area contributed by atoms with Crippen molar-refractivity contribution < 1.29 is 29.3 Å². The third kappa shape index (κ3) is 34.4. The number of hydrogen-bond acceptors (Lipinski definition) is 8. The highest BCUT2D eigenvalue weighted by atomic mass is 16.5. The number of unbranched alkanes of at least 4 members (excludes halogenated alkanes) is 22. The van der Waals surface area contributed by atoms with Gasteiger partial charge in [-0.25, -0.2) is 0 Å². The van der Waals surface area contributed by atoms with Crippen LogP contribution < -0.4 is 10.6 Å². The van der Waals surface area contributed by atoms with E-state index in [1.807, 2.05) is 24.3 Å². The first-order valence-corrected chi connectivity index (χ1v) is 23.0. The zero-order valence-electron chi connectivity index (χ0n) is 35.9. The fraction of sp³-hybridized carbons (Fsp3) is 0.750. The van der Waals surface area contributed by atoms with E-state index in [9.17, 15) is 19.8 Å². The summed E-state index contributed by atoms with van der Waals surface area (Å²) in [6, 6.07) is 7.48. The van der Waals surface area contributed by atoms with Crippen LogP contribution in [0, 0.1) is 0 Å². The highest BCUT2D eigenvalue weighted by Gasteiger charge is 2.11. The third-order valence-corrected chi connectivity index (χ3v) is 10.1. The van der Waals surface area contributed by atoms with Crippen molar-refractivity contribution in [3.63, 3.8) is 0 Å². The minimum absolute atomic E-state index is 0.0313. The third-order valence-electron chi connectivity index (χ3n) is 10.1. The highest BCUT2D eigenvalue weighted by molar-refractivity contribution is 5.69. The van der Waals surface area contributed by atoms with Crippen LogP contribution in [0.3, 0.4) is 0 Å². The molecular formula is C48H84N2O6. The Labute approximate surface area is 343 Å². The van der Waals surface area contributed by atoms with Gasteiger partial charge in [0.05, 0.1) is 0 Å². The van der Waals surface area contributed by atoms with Gasteiger partial charge in [0, 0.05) is 37.3 Å². The number of carbonyl (C=O) groups excluding carboxylic acids is 2. The SMILES string of the molecule is CCCCCCCCC=CCCCCCCCC(=O)OCC(O)CNc1ccc(NCC(O)COC(=O)CCCCCCC/C=C\CCCCCCCC)cc1. The molecule has 4 N–H and O–H groups in total. The van der Waals surface area contributed by atoms with Crippen molar-refractivity contribution in [2.75, 3.05) is 36.9 Å². The van der Waals surface area contributed by atoms with Gasteiger partial charge in [0.15, 0.2) is 0 Å². The van der Waals surface area contributed by atoms with Crippen LogP contribution in [0.2, 0.25) is 0 Å². The fourth-order valence-electron chi connectivity index (χ4n) is 6.50. The molecule has 0 aliphatic rings. The predicted octanol–water partition coefficient (Wildman–Crippen LogP) is 12.4. The molecule has 0 amide bonds. The van der Waals surface area contributed by atoms with Gasteiger partial charge in [-0.1, -0.05) is 141 Å². The molecule has 0 aliphatic carbocycles. The van der Waals surface area contributed by atoms with Crippen molar-refractivity contribution >= 4 is 23.3 Å². The van der Waals surface area contributed by atoms with E-state index >= 15 is 0 Å². The van der Waals surface area contributed by atoms with Crippen LogP contribution in [0.4, 0.5) is 11.4 Å². The Balaban J connectivity index is 1.98. The molecule has 0 radical (unpaired) electrons. The first kappa shape index (κ1) is 51.2. The van der Waals surface area contributed by atoms with E-state index in [0.29, 0.717) is 12.8 Å². The summed E-state index contributed by atoms with van der Waals surface area (Å²) >= 11 is 0. The van der Waals surface area contributed by atoms with Crippen LogP contribution in [0.1, 0.15) is 194 Å². The van der Waals surface area contributed by atoms with Gasteiger partial charge in [-0.15, -0.1) is 0 Å². The minimum atomic E-state index is -0.805. The molecule has 0 bridgehead atoms.